The molecule has 2 heterocycles. The quantitative estimate of drug-likeness (QED) is 0.758. The molecule has 0 bridgehead atoms. The van der Waals surface area contributed by atoms with Crippen molar-refractivity contribution in [2.75, 3.05) is 51.3 Å². The van der Waals surface area contributed by atoms with Gasteiger partial charge in [-0.2, -0.15) is 0 Å². The van der Waals surface area contributed by atoms with Crippen LogP contribution in [0.5, 0.6) is 5.75 Å². The van der Waals surface area contributed by atoms with Gasteiger partial charge < -0.3 is 15.0 Å². The minimum absolute atomic E-state index is 0.109. The molecule has 0 atom stereocenters. The van der Waals surface area contributed by atoms with Crippen LogP contribution in [-0.2, 0) is 11.2 Å². The van der Waals surface area contributed by atoms with Crippen molar-refractivity contribution in [3.8, 4) is 5.75 Å². The first-order valence-corrected chi connectivity index (χ1v) is 9.38. The summed E-state index contributed by atoms with van der Waals surface area (Å²) in [6.45, 7) is 5.09. The summed E-state index contributed by atoms with van der Waals surface area (Å²) in [7, 11) is 1.66. The summed E-state index contributed by atoms with van der Waals surface area (Å²) < 4.78 is 5.15. The summed E-state index contributed by atoms with van der Waals surface area (Å²) in [5.41, 5.74) is 1.19. The van der Waals surface area contributed by atoms with Crippen molar-refractivity contribution in [2.45, 2.75) is 12.8 Å². The number of piperazine rings is 1. The first kappa shape index (κ1) is 19.1. The highest BCUT2D eigenvalue weighted by Gasteiger charge is 2.18. The third kappa shape index (κ3) is 5.92. The van der Waals surface area contributed by atoms with Gasteiger partial charge >= 0.3 is 0 Å². The molecule has 0 aliphatic carbocycles. The van der Waals surface area contributed by atoms with Gasteiger partial charge in [0.05, 0.1) is 7.11 Å². The highest BCUT2D eigenvalue weighted by atomic mass is 16.5. The van der Waals surface area contributed by atoms with Crippen molar-refractivity contribution >= 4 is 11.9 Å². The average Bonchev–Trinajstić information content (AvgIpc) is 2.74. The Kier molecular flexibility index (Phi) is 6.98. The number of aromatic nitrogens is 2. The number of hydrogen-bond acceptors (Lipinski definition) is 6. The number of amides is 1. The fourth-order valence-electron chi connectivity index (χ4n) is 3.11. The Morgan fingerprint density at radius 2 is 1.81 bits per heavy atom. The van der Waals surface area contributed by atoms with E-state index < -0.39 is 0 Å². The van der Waals surface area contributed by atoms with Gasteiger partial charge in [0.1, 0.15) is 5.75 Å². The summed E-state index contributed by atoms with van der Waals surface area (Å²) >= 11 is 0. The molecule has 144 valence electrons. The van der Waals surface area contributed by atoms with Crippen molar-refractivity contribution in [3.05, 3.63) is 48.3 Å². The summed E-state index contributed by atoms with van der Waals surface area (Å²) in [4.78, 5) is 25.2. The normalized spacial score (nSPS) is 14.8. The summed E-state index contributed by atoms with van der Waals surface area (Å²) in [5.74, 6) is 1.74. The lowest BCUT2D eigenvalue weighted by molar-refractivity contribution is -0.121. The van der Waals surface area contributed by atoms with E-state index in [2.05, 4.69) is 25.1 Å². The minimum atomic E-state index is 0.109. The molecule has 0 radical (unpaired) electrons. The number of nitrogens with zero attached hydrogens (tertiary/aromatic N) is 4. The second-order valence-corrected chi connectivity index (χ2v) is 6.58. The molecule has 0 unspecified atom stereocenters. The van der Waals surface area contributed by atoms with E-state index in [0.29, 0.717) is 13.0 Å². The van der Waals surface area contributed by atoms with Crippen LogP contribution in [0.15, 0.2) is 42.7 Å². The van der Waals surface area contributed by atoms with Crippen molar-refractivity contribution in [1.29, 1.82) is 0 Å². The number of nitrogens with one attached hydrogen (secondary N) is 1. The van der Waals surface area contributed by atoms with E-state index in [1.165, 1.54) is 5.56 Å². The molecule has 1 N–H and O–H groups in total. The smallest absolute Gasteiger partial charge is 0.225 e. The highest BCUT2D eigenvalue weighted by molar-refractivity contribution is 5.76. The fourth-order valence-corrected chi connectivity index (χ4v) is 3.11. The summed E-state index contributed by atoms with van der Waals surface area (Å²) in [5, 5.41) is 3.01. The lowest BCUT2D eigenvalue weighted by Gasteiger charge is -2.34. The maximum Gasteiger partial charge on any atom is 0.225 e. The number of methoxy groups -OCH3 is 1. The van der Waals surface area contributed by atoms with Gasteiger partial charge in [0.25, 0.3) is 0 Å². The van der Waals surface area contributed by atoms with Crippen LogP contribution >= 0.6 is 0 Å². The van der Waals surface area contributed by atoms with Gasteiger partial charge in [-0.25, -0.2) is 9.97 Å². The molecule has 2 aromatic rings. The Hall–Kier alpha value is -2.67. The minimum Gasteiger partial charge on any atom is -0.497 e. The molecule has 1 aliphatic rings. The number of rotatable bonds is 8. The van der Waals surface area contributed by atoms with Crippen LogP contribution in [0.25, 0.3) is 0 Å². The van der Waals surface area contributed by atoms with Crippen LogP contribution in [0.4, 0.5) is 5.95 Å². The Morgan fingerprint density at radius 3 is 2.48 bits per heavy atom. The predicted octanol–water partition coefficient (Wildman–Crippen LogP) is 1.36. The third-order valence-electron chi connectivity index (χ3n) is 4.76. The van der Waals surface area contributed by atoms with E-state index in [9.17, 15) is 4.79 Å². The number of ether oxygens (including phenoxy) is 1. The van der Waals surface area contributed by atoms with Crippen LogP contribution in [0.2, 0.25) is 0 Å². The summed E-state index contributed by atoms with van der Waals surface area (Å²) in [6.07, 6.45) is 4.89. The van der Waals surface area contributed by atoms with Gasteiger partial charge in [-0.3, -0.25) is 9.69 Å². The molecular formula is C20H27N5O2. The van der Waals surface area contributed by atoms with Gasteiger partial charge in [-0.1, -0.05) is 12.1 Å². The lowest BCUT2D eigenvalue weighted by atomic mass is 10.1. The largest absolute Gasteiger partial charge is 0.497 e. The molecule has 7 nitrogen and oxygen atoms in total. The Morgan fingerprint density at radius 1 is 1.11 bits per heavy atom. The van der Waals surface area contributed by atoms with E-state index in [1.807, 2.05) is 30.3 Å². The van der Waals surface area contributed by atoms with E-state index in [4.69, 9.17) is 4.74 Å². The first-order chi connectivity index (χ1) is 13.2. The van der Waals surface area contributed by atoms with Gasteiger partial charge in [0, 0.05) is 58.1 Å². The molecule has 1 amide bonds. The Labute approximate surface area is 160 Å². The number of hydrogen-bond donors (Lipinski definition) is 1. The number of anilines is 1. The molecule has 3 rings (SSSR count). The monoisotopic (exact) mass is 369 g/mol. The van der Waals surface area contributed by atoms with E-state index in [0.717, 1.165) is 50.8 Å². The molecule has 0 saturated carbocycles. The molecule has 1 aromatic heterocycles. The second kappa shape index (κ2) is 9.87. The van der Waals surface area contributed by atoms with Gasteiger partial charge in [0.2, 0.25) is 11.9 Å². The average molecular weight is 369 g/mol. The molecule has 7 heteroatoms. The zero-order valence-electron chi connectivity index (χ0n) is 15.8. The summed E-state index contributed by atoms with van der Waals surface area (Å²) in [6, 6.07) is 9.77. The van der Waals surface area contributed by atoms with Crippen LogP contribution in [0.3, 0.4) is 0 Å². The Balaban J connectivity index is 1.30. The molecule has 1 fully saturated rings. The second-order valence-electron chi connectivity index (χ2n) is 6.58. The zero-order chi connectivity index (χ0) is 18.9. The molecular weight excluding hydrogens is 342 g/mol. The standard InChI is InChI=1S/C20H27N5O2/c1-27-18-5-3-17(4-6-18)7-11-21-19(26)8-12-24-13-15-25(16-14-24)20-22-9-2-10-23-20/h2-6,9-10H,7-8,11-16H2,1H3,(H,21,26). The molecule has 1 aliphatic heterocycles. The topological polar surface area (TPSA) is 70.6 Å². The molecule has 1 saturated heterocycles. The van der Waals surface area contributed by atoms with Crippen molar-refractivity contribution in [2.24, 2.45) is 0 Å². The number of carbonyl (C=O) groups is 1. The molecule has 0 spiro atoms. The molecule has 27 heavy (non-hydrogen) atoms. The first-order valence-electron chi connectivity index (χ1n) is 9.38. The predicted molar refractivity (Wildman–Crippen MR) is 105 cm³/mol. The SMILES string of the molecule is COc1ccc(CCNC(=O)CCN2CCN(c3ncccn3)CC2)cc1. The van der Waals surface area contributed by atoms with Gasteiger partial charge in [0.15, 0.2) is 0 Å². The molecule has 1 aromatic carbocycles. The van der Waals surface area contributed by atoms with Gasteiger partial charge in [-0.05, 0) is 30.2 Å². The third-order valence-corrected chi connectivity index (χ3v) is 4.76. The van der Waals surface area contributed by atoms with Crippen molar-refractivity contribution in [1.82, 2.24) is 20.2 Å². The van der Waals surface area contributed by atoms with E-state index in [-0.39, 0.29) is 5.91 Å². The van der Waals surface area contributed by atoms with Crippen LogP contribution in [0, 0.1) is 0 Å². The number of benzene rings is 1. The lowest BCUT2D eigenvalue weighted by Crippen LogP contribution is -2.47. The van der Waals surface area contributed by atoms with Crippen LogP contribution < -0.4 is 15.0 Å². The highest BCUT2D eigenvalue weighted by Crippen LogP contribution is 2.11. The van der Waals surface area contributed by atoms with Crippen LogP contribution in [0.1, 0.15) is 12.0 Å². The maximum absolute atomic E-state index is 12.1. The fraction of sp³-hybridized carbons (Fsp3) is 0.450. The van der Waals surface area contributed by atoms with Gasteiger partial charge in [-0.15, -0.1) is 0 Å². The van der Waals surface area contributed by atoms with Crippen LogP contribution in [-0.4, -0.2) is 67.2 Å². The number of carbonyl (C=O) groups excluding carboxylic acids is 1. The van der Waals surface area contributed by atoms with Crippen molar-refractivity contribution in [3.63, 3.8) is 0 Å². The van der Waals surface area contributed by atoms with E-state index in [1.54, 1.807) is 19.5 Å². The maximum atomic E-state index is 12.1. The van der Waals surface area contributed by atoms with Crippen molar-refractivity contribution < 1.29 is 9.53 Å². The Bertz CT molecular complexity index is 700. The van der Waals surface area contributed by atoms with E-state index >= 15 is 0 Å². The zero-order valence-corrected chi connectivity index (χ0v) is 15.8.